The molecule has 32 heavy (non-hydrogen) atoms. The molecule has 2 aliphatic rings. The fourth-order valence-corrected chi connectivity index (χ4v) is 5.04. The maximum atomic E-state index is 13.5. The molecule has 1 aliphatic heterocycles. The molecule has 0 radical (unpaired) electrons. The van der Waals surface area contributed by atoms with Crippen molar-refractivity contribution in [3.05, 3.63) is 71.0 Å². The second-order valence-corrected chi connectivity index (χ2v) is 9.29. The van der Waals surface area contributed by atoms with Gasteiger partial charge in [-0.15, -0.1) is 0 Å². The molecular formula is C27H26O5. The molecule has 0 saturated carbocycles. The van der Waals surface area contributed by atoms with E-state index >= 15 is 0 Å². The van der Waals surface area contributed by atoms with Crippen LogP contribution in [0, 0.1) is 5.41 Å². The van der Waals surface area contributed by atoms with Crippen molar-refractivity contribution >= 4 is 16.6 Å². The molecule has 5 nitrogen and oxygen atoms in total. The van der Waals surface area contributed by atoms with Gasteiger partial charge in [0.15, 0.2) is 17.3 Å². The molecule has 1 N–H and O–H groups in total. The third-order valence-electron chi connectivity index (χ3n) is 6.46. The van der Waals surface area contributed by atoms with E-state index in [2.05, 4.69) is 26.0 Å². The zero-order chi connectivity index (χ0) is 22.6. The Morgan fingerprint density at radius 1 is 1.00 bits per heavy atom. The summed E-state index contributed by atoms with van der Waals surface area (Å²) in [6, 6.07) is 15.7. The first-order valence-electron chi connectivity index (χ1n) is 10.7. The number of methoxy groups -OCH3 is 2. The highest BCUT2D eigenvalue weighted by molar-refractivity contribution is 6.02. The van der Waals surface area contributed by atoms with Crippen LogP contribution in [0.1, 0.15) is 43.7 Å². The lowest BCUT2D eigenvalue weighted by Crippen LogP contribution is -2.33. The van der Waals surface area contributed by atoms with Gasteiger partial charge in [-0.2, -0.15) is 0 Å². The molecular weight excluding hydrogens is 404 g/mol. The van der Waals surface area contributed by atoms with E-state index in [4.69, 9.17) is 14.2 Å². The molecule has 0 spiro atoms. The number of phenolic OH excluding ortho intramolecular Hbond substituents is 1. The lowest BCUT2D eigenvalue weighted by molar-refractivity contribution is -0.118. The number of benzene rings is 3. The average molecular weight is 431 g/mol. The molecule has 0 fully saturated rings. The molecule has 0 saturated heterocycles. The predicted octanol–water partition coefficient (Wildman–Crippen LogP) is 5.73. The fraction of sp³-hybridized carbons (Fsp3) is 0.296. The molecule has 0 bridgehead atoms. The highest BCUT2D eigenvalue weighted by Crippen LogP contribution is 2.53. The van der Waals surface area contributed by atoms with Gasteiger partial charge in [-0.25, -0.2) is 0 Å². The molecule has 5 heteroatoms. The second kappa shape index (κ2) is 7.30. The monoisotopic (exact) mass is 430 g/mol. The van der Waals surface area contributed by atoms with E-state index in [0.717, 1.165) is 33.4 Å². The quantitative estimate of drug-likeness (QED) is 0.575. The highest BCUT2D eigenvalue weighted by Gasteiger charge is 2.43. The van der Waals surface area contributed by atoms with E-state index in [0.29, 0.717) is 29.9 Å². The Hall–Kier alpha value is -3.47. The number of allylic oxidation sites excluding steroid dienone is 2. The Morgan fingerprint density at radius 2 is 1.69 bits per heavy atom. The number of carbonyl (C=O) groups excluding carboxylic acids is 1. The summed E-state index contributed by atoms with van der Waals surface area (Å²) in [5, 5.41) is 12.6. The van der Waals surface area contributed by atoms with Gasteiger partial charge < -0.3 is 19.3 Å². The summed E-state index contributed by atoms with van der Waals surface area (Å²) < 4.78 is 17.2. The van der Waals surface area contributed by atoms with Crippen LogP contribution in [0.5, 0.6) is 23.0 Å². The Kier molecular flexibility index (Phi) is 4.66. The third-order valence-corrected chi connectivity index (χ3v) is 6.46. The number of fused-ring (bicyclic) bond motifs is 3. The fourth-order valence-electron chi connectivity index (χ4n) is 5.04. The maximum absolute atomic E-state index is 13.5. The summed E-state index contributed by atoms with van der Waals surface area (Å²) in [5.41, 5.74) is 2.28. The summed E-state index contributed by atoms with van der Waals surface area (Å²) in [6.07, 6.45) is 1.14. The number of ether oxygens (including phenoxy) is 3. The standard InChI is InChI=1S/C27H26O5/c1-27(2)13-18(28)25-22(14-27)32-19-10-9-15-7-5-6-8-17(15)24(19)23(25)16-11-20(30-3)26(29)21(12-16)31-4/h5-12,23,29H,13-14H2,1-4H3. The van der Waals surface area contributed by atoms with Crippen LogP contribution in [-0.4, -0.2) is 25.1 Å². The normalized spacial score (nSPS) is 19.2. The van der Waals surface area contributed by atoms with Gasteiger partial charge >= 0.3 is 0 Å². The van der Waals surface area contributed by atoms with Gasteiger partial charge in [0, 0.05) is 29.9 Å². The molecule has 5 rings (SSSR count). The van der Waals surface area contributed by atoms with Crippen molar-refractivity contribution in [1.29, 1.82) is 0 Å². The van der Waals surface area contributed by atoms with Crippen LogP contribution in [0.25, 0.3) is 10.8 Å². The lowest BCUT2D eigenvalue weighted by Gasteiger charge is -2.39. The summed E-state index contributed by atoms with van der Waals surface area (Å²) >= 11 is 0. The summed E-state index contributed by atoms with van der Waals surface area (Å²) in [6.45, 7) is 4.19. The molecule has 0 aromatic heterocycles. The minimum atomic E-state index is -0.355. The Balaban J connectivity index is 1.84. The molecule has 1 heterocycles. The van der Waals surface area contributed by atoms with Gasteiger partial charge in [-0.1, -0.05) is 44.2 Å². The SMILES string of the molecule is COc1cc(C2C3=C(CC(C)(C)CC3=O)Oc3ccc4ccccc4c32)cc(OC)c1O. The average Bonchev–Trinajstić information content (AvgIpc) is 2.77. The van der Waals surface area contributed by atoms with Crippen molar-refractivity contribution in [3.8, 4) is 23.0 Å². The van der Waals surface area contributed by atoms with Crippen molar-refractivity contribution < 1.29 is 24.1 Å². The van der Waals surface area contributed by atoms with Crippen molar-refractivity contribution in [1.82, 2.24) is 0 Å². The van der Waals surface area contributed by atoms with Gasteiger partial charge in [0.2, 0.25) is 5.75 Å². The van der Waals surface area contributed by atoms with Gasteiger partial charge in [0.05, 0.1) is 14.2 Å². The predicted molar refractivity (Wildman–Crippen MR) is 123 cm³/mol. The number of phenols is 1. The van der Waals surface area contributed by atoms with Crippen LogP contribution in [0.15, 0.2) is 59.9 Å². The topological polar surface area (TPSA) is 65.0 Å². The van der Waals surface area contributed by atoms with Crippen molar-refractivity contribution in [3.63, 3.8) is 0 Å². The highest BCUT2D eigenvalue weighted by atomic mass is 16.5. The van der Waals surface area contributed by atoms with E-state index in [9.17, 15) is 9.90 Å². The van der Waals surface area contributed by atoms with Gasteiger partial charge in [-0.05, 0) is 39.9 Å². The number of carbonyl (C=O) groups is 1. The van der Waals surface area contributed by atoms with Crippen LogP contribution in [0.4, 0.5) is 0 Å². The zero-order valence-corrected chi connectivity index (χ0v) is 18.7. The Morgan fingerprint density at radius 3 is 2.38 bits per heavy atom. The van der Waals surface area contributed by atoms with Crippen LogP contribution in [0.3, 0.4) is 0 Å². The molecule has 1 atom stereocenters. The Bertz CT molecular complexity index is 1260. The first-order chi connectivity index (χ1) is 15.3. The summed E-state index contributed by atoms with van der Waals surface area (Å²) in [5.74, 6) is 1.76. The number of hydrogen-bond acceptors (Lipinski definition) is 5. The lowest BCUT2D eigenvalue weighted by atomic mass is 9.69. The number of hydrogen-bond donors (Lipinski definition) is 1. The van der Waals surface area contributed by atoms with E-state index in [-0.39, 0.29) is 22.9 Å². The van der Waals surface area contributed by atoms with Crippen molar-refractivity contribution in [2.24, 2.45) is 5.41 Å². The summed E-state index contributed by atoms with van der Waals surface area (Å²) in [4.78, 5) is 13.5. The van der Waals surface area contributed by atoms with Crippen LogP contribution < -0.4 is 14.2 Å². The first-order valence-corrected chi connectivity index (χ1v) is 10.7. The maximum Gasteiger partial charge on any atom is 0.200 e. The molecule has 0 amide bonds. The van der Waals surface area contributed by atoms with Crippen molar-refractivity contribution in [2.45, 2.75) is 32.6 Å². The number of Topliss-reactive ketones (excluding diaryl/α,β-unsaturated/α-hetero) is 1. The molecule has 1 aliphatic carbocycles. The Labute approximate surface area is 187 Å². The minimum absolute atomic E-state index is 0.0609. The zero-order valence-electron chi connectivity index (χ0n) is 18.7. The number of ketones is 1. The van der Waals surface area contributed by atoms with Gasteiger partial charge in [0.25, 0.3) is 0 Å². The number of aromatic hydroxyl groups is 1. The van der Waals surface area contributed by atoms with Gasteiger partial charge in [0.1, 0.15) is 11.5 Å². The van der Waals surface area contributed by atoms with Gasteiger partial charge in [-0.3, -0.25) is 4.79 Å². The first kappa shape index (κ1) is 20.4. The molecule has 164 valence electrons. The van der Waals surface area contributed by atoms with Crippen LogP contribution >= 0.6 is 0 Å². The smallest absolute Gasteiger partial charge is 0.200 e. The molecule has 1 unspecified atom stereocenters. The van der Waals surface area contributed by atoms with Crippen LogP contribution in [0.2, 0.25) is 0 Å². The van der Waals surface area contributed by atoms with E-state index in [1.165, 1.54) is 14.2 Å². The summed E-state index contributed by atoms with van der Waals surface area (Å²) in [7, 11) is 3.01. The second-order valence-electron chi connectivity index (χ2n) is 9.29. The van der Waals surface area contributed by atoms with E-state index in [1.807, 2.05) is 24.3 Å². The number of rotatable bonds is 3. The largest absolute Gasteiger partial charge is 0.502 e. The minimum Gasteiger partial charge on any atom is -0.502 e. The van der Waals surface area contributed by atoms with Crippen LogP contribution in [-0.2, 0) is 4.79 Å². The van der Waals surface area contributed by atoms with Crippen molar-refractivity contribution in [2.75, 3.05) is 14.2 Å². The molecule has 3 aromatic carbocycles. The van der Waals surface area contributed by atoms with E-state index in [1.54, 1.807) is 12.1 Å². The third kappa shape index (κ3) is 3.11. The van der Waals surface area contributed by atoms with E-state index < -0.39 is 0 Å². The molecule has 3 aromatic rings.